The Morgan fingerprint density at radius 3 is 2.12 bits per heavy atom. The molecule has 3 heterocycles. The quantitative estimate of drug-likeness (QED) is 0.521. The maximum absolute atomic E-state index is 5.45. The van der Waals surface area contributed by atoms with Crippen LogP contribution in [0, 0.1) is 0 Å². The van der Waals surface area contributed by atoms with E-state index in [1.54, 1.807) is 7.11 Å². The Balaban J connectivity index is 1.76. The van der Waals surface area contributed by atoms with E-state index < -0.39 is 0 Å². The lowest BCUT2D eigenvalue weighted by Gasteiger charge is -2.31. The third-order valence-corrected chi connectivity index (χ3v) is 4.43. The Bertz CT molecular complexity index is 557. The lowest BCUT2D eigenvalue weighted by molar-refractivity contribution is 0.122. The van der Waals surface area contributed by atoms with Gasteiger partial charge in [0.05, 0.1) is 33.0 Å². The highest BCUT2D eigenvalue weighted by Crippen LogP contribution is 2.22. The minimum Gasteiger partial charge on any atom is -0.383 e. The van der Waals surface area contributed by atoms with Gasteiger partial charge in [0, 0.05) is 45.9 Å². The summed E-state index contributed by atoms with van der Waals surface area (Å²) in [4.78, 5) is 13.7. The minimum atomic E-state index is 0.481. The first-order valence-electron chi connectivity index (χ1n) is 8.84. The molecule has 10 heteroatoms. The molecule has 0 unspecified atom stereocenters. The van der Waals surface area contributed by atoms with Gasteiger partial charge in [-0.1, -0.05) is 0 Å². The minimum absolute atomic E-state index is 0.481. The van der Waals surface area contributed by atoms with Crippen LogP contribution in [-0.2, 0) is 14.2 Å². The number of methoxy groups -OCH3 is 1. The van der Waals surface area contributed by atoms with Gasteiger partial charge >= 0.3 is 0 Å². The molecule has 1 aromatic heterocycles. The zero-order chi connectivity index (χ0) is 18.2. The second-order valence-electron chi connectivity index (χ2n) is 5.98. The molecular weight excluding hydrogens is 356 g/mol. The van der Waals surface area contributed by atoms with Crippen molar-refractivity contribution < 1.29 is 14.2 Å². The van der Waals surface area contributed by atoms with Crippen molar-refractivity contribution in [2.45, 2.75) is 0 Å². The molecule has 3 rings (SSSR count). The third-order valence-electron chi connectivity index (χ3n) is 4.19. The predicted molar refractivity (Wildman–Crippen MR) is 104 cm³/mol. The van der Waals surface area contributed by atoms with Crippen molar-refractivity contribution in [2.75, 3.05) is 88.0 Å². The van der Waals surface area contributed by atoms with Crippen molar-refractivity contribution in [3.63, 3.8) is 0 Å². The summed E-state index contributed by atoms with van der Waals surface area (Å²) < 4.78 is 15.9. The number of hydrogen-bond acceptors (Lipinski definition) is 8. The van der Waals surface area contributed by atoms with Crippen molar-refractivity contribution in [2.24, 2.45) is 0 Å². The number of anilines is 3. The van der Waals surface area contributed by atoms with Crippen LogP contribution in [0.25, 0.3) is 0 Å². The molecule has 9 nitrogen and oxygen atoms in total. The van der Waals surface area contributed by atoms with Gasteiger partial charge in [-0.05, 0) is 12.2 Å². The van der Waals surface area contributed by atoms with Crippen LogP contribution in [0.4, 0.5) is 17.6 Å². The maximum Gasteiger partial charge on any atom is 0.232 e. The van der Waals surface area contributed by atoms with Crippen molar-refractivity contribution in [1.29, 1.82) is 0 Å². The number of rotatable bonds is 6. The van der Waals surface area contributed by atoms with Gasteiger partial charge in [-0.15, -0.1) is 0 Å². The summed E-state index contributed by atoms with van der Waals surface area (Å²) in [5, 5.41) is 6.65. The molecule has 0 atom stereocenters. The van der Waals surface area contributed by atoms with Gasteiger partial charge in [0.25, 0.3) is 0 Å². The van der Waals surface area contributed by atoms with Crippen LogP contribution in [0.5, 0.6) is 0 Å². The monoisotopic (exact) mass is 382 g/mol. The zero-order valence-corrected chi connectivity index (χ0v) is 15.9. The smallest absolute Gasteiger partial charge is 0.232 e. The van der Waals surface area contributed by atoms with Crippen molar-refractivity contribution in [3.8, 4) is 0 Å². The molecule has 0 saturated carbocycles. The van der Waals surface area contributed by atoms with E-state index in [1.807, 2.05) is 6.07 Å². The summed E-state index contributed by atoms with van der Waals surface area (Å²) in [6, 6.07) is 2.03. The van der Waals surface area contributed by atoms with E-state index in [2.05, 4.69) is 30.4 Å². The molecule has 2 aliphatic heterocycles. The summed E-state index contributed by atoms with van der Waals surface area (Å²) in [6.45, 7) is 7.29. The number of nitrogens with one attached hydrogen (secondary N) is 2. The van der Waals surface area contributed by atoms with Gasteiger partial charge in [-0.2, -0.15) is 9.97 Å². The Morgan fingerprint density at radius 1 is 1.08 bits per heavy atom. The molecule has 0 radical (unpaired) electrons. The zero-order valence-electron chi connectivity index (χ0n) is 15.1. The molecule has 0 aliphatic carbocycles. The van der Waals surface area contributed by atoms with Crippen LogP contribution in [0.15, 0.2) is 6.07 Å². The summed E-state index contributed by atoms with van der Waals surface area (Å²) in [5.41, 5.74) is 0. The molecule has 2 saturated heterocycles. The average Bonchev–Trinajstić information content (AvgIpc) is 2.69. The highest BCUT2D eigenvalue weighted by Gasteiger charge is 2.19. The second kappa shape index (κ2) is 9.81. The van der Waals surface area contributed by atoms with Crippen molar-refractivity contribution >= 4 is 34.9 Å². The topological polar surface area (TPSA) is 84.0 Å². The SMILES string of the molecule is COCCNC(=S)Nc1nc(N2CCOCC2)cc(N2CCOCC2)n1. The Morgan fingerprint density at radius 2 is 1.62 bits per heavy atom. The number of nitrogens with zero attached hydrogens (tertiary/aromatic N) is 4. The number of morpholine rings is 2. The van der Waals surface area contributed by atoms with Crippen LogP contribution in [-0.4, -0.2) is 87.9 Å². The summed E-state index contributed by atoms with van der Waals surface area (Å²) in [6.07, 6.45) is 0. The van der Waals surface area contributed by atoms with Crippen molar-refractivity contribution in [3.05, 3.63) is 6.07 Å². The lowest BCUT2D eigenvalue weighted by Crippen LogP contribution is -2.39. The van der Waals surface area contributed by atoms with E-state index in [1.165, 1.54) is 0 Å². The van der Waals surface area contributed by atoms with E-state index >= 15 is 0 Å². The van der Waals surface area contributed by atoms with Gasteiger partial charge in [-0.3, -0.25) is 0 Å². The van der Waals surface area contributed by atoms with Crippen molar-refractivity contribution in [1.82, 2.24) is 15.3 Å². The highest BCUT2D eigenvalue weighted by molar-refractivity contribution is 7.80. The van der Waals surface area contributed by atoms with E-state index in [9.17, 15) is 0 Å². The van der Waals surface area contributed by atoms with Gasteiger partial charge in [0.15, 0.2) is 5.11 Å². The molecule has 0 aromatic carbocycles. The number of thiocarbonyl (C=S) groups is 1. The summed E-state index contributed by atoms with van der Waals surface area (Å²) in [7, 11) is 1.65. The lowest BCUT2D eigenvalue weighted by atomic mass is 10.3. The molecule has 26 heavy (non-hydrogen) atoms. The van der Waals surface area contributed by atoms with Gasteiger partial charge in [-0.25, -0.2) is 0 Å². The first kappa shape index (κ1) is 19.0. The molecule has 144 valence electrons. The highest BCUT2D eigenvalue weighted by atomic mass is 32.1. The molecule has 2 fully saturated rings. The average molecular weight is 382 g/mol. The summed E-state index contributed by atoms with van der Waals surface area (Å²) >= 11 is 5.32. The first-order chi connectivity index (χ1) is 12.8. The van der Waals surface area contributed by atoms with Crippen LogP contribution in [0.1, 0.15) is 0 Å². The molecule has 2 aliphatic rings. The normalized spacial score (nSPS) is 17.9. The Hall–Kier alpha value is -1.75. The molecule has 2 N–H and O–H groups in total. The second-order valence-corrected chi connectivity index (χ2v) is 6.39. The van der Waals surface area contributed by atoms with Gasteiger partial charge in [0.1, 0.15) is 11.6 Å². The fourth-order valence-electron chi connectivity index (χ4n) is 2.80. The van der Waals surface area contributed by atoms with E-state index in [0.29, 0.717) is 50.6 Å². The largest absolute Gasteiger partial charge is 0.383 e. The predicted octanol–water partition coefficient (Wildman–Crippen LogP) is 0.0826. The molecule has 0 bridgehead atoms. The number of aromatic nitrogens is 2. The standard InChI is InChI=1S/C16H26N6O3S/c1-23-7-2-17-16(26)20-15-18-13(21-3-8-24-9-4-21)12-14(19-15)22-5-10-25-11-6-22/h12H,2-11H2,1H3,(H2,17,18,19,20,26). The van der Waals surface area contributed by atoms with Gasteiger partial charge in [0.2, 0.25) is 5.95 Å². The fourth-order valence-corrected chi connectivity index (χ4v) is 2.99. The summed E-state index contributed by atoms with van der Waals surface area (Å²) in [5.74, 6) is 2.25. The molecule has 1 aromatic rings. The third kappa shape index (κ3) is 5.37. The van der Waals surface area contributed by atoms with E-state index in [-0.39, 0.29) is 0 Å². The number of hydrogen-bond donors (Lipinski definition) is 2. The van der Waals surface area contributed by atoms with Gasteiger partial charge < -0.3 is 34.6 Å². The first-order valence-corrected chi connectivity index (χ1v) is 9.25. The van der Waals surface area contributed by atoms with E-state index in [4.69, 9.17) is 26.4 Å². The van der Waals surface area contributed by atoms with Crippen LogP contribution < -0.4 is 20.4 Å². The van der Waals surface area contributed by atoms with Crippen LogP contribution >= 0.6 is 12.2 Å². The maximum atomic E-state index is 5.45. The molecule has 0 spiro atoms. The van der Waals surface area contributed by atoms with E-state index in [0.717, 1.165) is 37.8 Å². The number of ether oxygens (including phenoxy) is 3. The fraction of sp³-hybridized carbons (Fsp3) is 0.688. The Labute approximate surface area is 159 Å². The molecule has 0 amide bonds. The Kier molecular flexibility index (Phi) is 7.18. The molecular formula is C16H26N6O3S. The van der Waals surface area contributed by atoms with Crippen LogP contribution in [0.2, 0.25) is 0 Å². The van der Waals surface area contributed by atoms with Crippen LogP contribution in [0.3, 0.4) is 0 Å².